The minimum atomic E-state index is 0.248. The van der Waals surface area contributed by atoms with Gasteiger partial charge in [-0.3, -0.25) is 0 Å². The molecule has 0 spiro atoms. The zero-order valence-electron chi connectivity index (χ0n) is 8.09. The molecule has 0 radical (unpaired) electrons. The molecule has 1 N–H and O–H groups in total. The SMILES string of the molecule is N#Cc1cccn1Cc1cccc(O)c1. The Kier molecular flexibility index (Phi) is 2.42. The van der Waals surface area contributed by atoms with E-state index in [1.807, 2.05) is 22.9 Å². The lowest BCUT2D eigenvalue weighted by Crippen LogP contribution is -2.00. The van der Waals surface area contributed by atoms with Gasteiger partial charge in [-0.15, -0.1) is 0 Å². The van der Waals surface area contributed by atoms with Crippen molar-refractivity contribution >= 4 is 0 Å². The van der Waals surface area contributed by atoms with Crippen molar-refractivity contribution in [2.24, 2.45) is 0 Å². The van der Waals surface area contributed by atoms with Gasteiger partial charge in [0.05, 0.1) is 0 Å². The van der Waals surface area contributed by atoms with E-state index in [9.17, 15) is 5.11 Å². The number of nitrogens with zero attached hydrogens (tertiary/aromatic N) is 2. The molecule has 1 heterocycles. The summed E-state index contributed by atoms with van der Waals surface area (Å²) in [4.78, 5) is 0. The van der Waals surface area contributed by atoms with E-state index in [0.717, 1.165) is 5.56 Å². The number of benzene rings is 1. The first-order valence-electron chi connectivity index (χ1n) is 4.63. The van der Waals surface area contributed by atoms with Gasteiger partial charge in [0, 0.05) is 12.7 Å². The Labute approximate surface area is 87.8 Å². The summed E-state index contributed by atoms with van der Waals surface area (Å²) in [5.41, 5.74) is 1.60. The second kappa shape index (κ2) is 3.89. The van der Waals surface area contributed by atoms with Gasteiger partial charge < -0.3 is 9.67 Å². The molecule has 74 valence electrons. The number of phenolic OH excluding ortho intramolecular Hbond substituents is 1. The van der Waals surface area contributed by atoms with E-state index in [1.54, 1.807) is 24.3 Å². The van der Waals surface area contributed by atoms with E-state index in [2.05, 4.69) is 6.07 Å². The van der Waals surface area contributed by atoms with Gasteiger partial charge >= 0.3 is 0 Å². The van der Waals surface area contributed by atoms with Crippen LogP contribution in [0.1, 0.15) is 11.3 Å². The van der Waals surface area contributed by atoms with E-state index >= 15 is 0 Å². The van der Waals surface area contributed by atoms with Gasteiger partial charge in [-0.25, -0.2) is 0 Å². The molecule has 0 amide bonds. The van der Waals surface area contributed by atoms with Gasteiger partial charge in [-0.2, -0.15) is 5.26 Å². The Bertz CT molecular complexity index is 508. The fourth-order valence-electron chi connectivity index (χ4n) is 1.50. The third kappa shape index (κ3) is 2.00. The summed E-state index contributed by atoms with van der Waals surface area (Å²) in [6.07, 6.45) is 1.85. The smallest absolute Gasteiger partial charge is 0.120 e. The summed E-state index contributed by atoms with van der Waals surface area (Å²) in [5, 5.41) is 18.1. The maximum absolute atomic E-state index is 9.29. The van der Waals surface area contributed by atoms with Crippen LogP contribution in [0, 0.1) is 11.3 Å². The molecule has 1 aromatic carbocycles. The third-order valence-corrected chi connectivity index (χ3v) is 2.21. The summed E-state index contributed by atoms with van der Waals surface area (Å²) < 4.78 is 1.84. The Hall–Kier alpha value is -2.21. The Morgan fingerprint density at radius 3 is 2.87 bits per heavy atom. The average molecular weight is 198 g/mol. The van der Waals surface area contributed by atoms with Crippen LogP contribution in [-0.4, -0.2) is 9.67 Å². The van der Waals surface area contributed by atoms with Gasteiger partial charge in [0.15, 0.2) is 0 Å². The first kappa shape index (κ1) is 9.35. The highest BCUT2D eigenvalue weighted by molar-refractivity contribution is 5.29. The number of hydrogen-bond acceptors (Lipinski definition) is 2. The molecule has 3 nitrogen and oxygen atoms in total. The van der Waals surface area contributed by atoms with Gasteiger partial charge in [-0.05, 0) is 29.8 Å². The van der Waals surface area contributed by atoms with Crippen LogP contribution in [0.5, 0.6) is 5.75 Å². The minimum Gasteiger partial charge on any atom is -0.508 e. The van der Waals surface area contributed by atoms with Crippen LogP contribution in [-0.2, 0) is 6.54 Å². The number of hydrogen-bond donors (Lipinski definition) is 1. The number of nitriles is 1. The maximum Gasteiger partial charge on any atom is 0.120 e. The maximum atomic E-state index is 9.29. The quantitative estimate of drug-likeness (QED) is 0.803. The number of phenols is 1. The molecular formula is C12H10N2O. The van der Waals surface area contributed by atoms with Crippen LogP contribution >= 0.6 is 0 Å². The Morgan fingerprint density at radius 1 is 1.27 bits per heavy atom. The van der Waals surface area contributed by atoms with Crippen LogP contribution in [0.3, 0.4) is 0 Å². The molecule has 0 saturated heterocycles. The van der Waals surface area contributed by atoms with Crippen LogP contribution in [0.15, 0.2) is 42.6 Å². The zero-order valence-corrected chi connectivity index (χ0v) is 8.09. The molecule has 1 aromatic heterocycles. The molecule has 0 atom stereocenters. The zero-order chi connectivity index (χ0) is 10.7. The van der Waals surface area contributed by atoms with Crippen LogP contribution in [0.2, 0.25) is 0 Å². The highest BCUT2D eigenvalue weighted by atomic mass is 16.3. The topological polar surface area (TPSA) is 49.0 Å². The van der Waals surface area contributed by atoms with Crippen molar-refractivity contribution < 1.29 is 5.11 Å². The third-order valence-electron chi connectivity index (χ3n) is 2.21. The second-order valence-corrected chi connectivity index (χ2v) is 3.30. The lowest BCUT2D eigenvalue weighted by molar-refractivity contribution is 0.474. The summed E-state index contributed by atoms with van der Waals surface area (Å²) in [5.74, 6) is 0.248. The van der Waals surface area contributed by atoms with E-state index < -0.39 is 0 Å². The number of aromatic nitrogens is 1. The highest BCUT2D eigenvalue weighted by Gasteiger charge is 2.00. The standard InChI is InChI=1S/C12H10N2O/c13-8-11-4-2-6-14(11)9-10-3-1-5-12(15)7-10/h1-7,15H,9H2. The molecule has 15 heavy (non-hydrogen) atoms. The van der Waals surface area contributed by atoms with Gasteiger partial charge in [0.2, 0.25) is 0 Å². The minimum absolute atomic E-state index is 0.248. The van der Waals surface area contributed by atoms with Crippen LogP contribution < -0.4 is 0 Å². The summed E-state index contributed by atoms with van der Waals surface area (Å²) in [6.45, 7) is 0.601. The first-order valence-corrected chi connectivity index (χ1v) is 4.63. The molecule has 0 fully saturated rings. The summed E-state index contributed by atoms with van der Waals surface area (Å²) in [7, 11) is 0. The highest BCUT2D eigenvalue weighted by Crippen LogP contribution is 2.13. The van der Waals surface area contributed by atoms with Crippen molar-refractivity contribution in [3.8, 4) is 11.8 Å². The van der Waals surface area contributed by atoms with E-state index in [-0.39, 0.29) is 5.75 Å². The van der Waals surface area contributed by atoms with E-state index in [0.29, 0.717) is 12.2 Å². The fraction of sp³-hybridized carbons (Fsp3) is 0.0833. The monoisotopic (exact) mass is 198 g/mol. The van der Waals surface area contributed by atoms with Crippen molar-refractivity contribution in [1.29, 1.82) is 5.26 Å². The van der Waals surface area contributed by atoms with Crippen LogP contribution in [0.4, 0.5) is 0 Å². The second-order valence-electron chi connectivity index (χ2n) is 3.30. The van der Waals surface area contributed by atoms with Gasteiger partial charge in [-0.1, -0.05) is 12.1 Å². The van der Waals surface area contributed by atoms with Crippen molar-refractivity contribution in [2.75, 3.05) is 0 Å². The molecule has 0 aliphatic heterocycles. The summed E-state index contributed by atoms with van der Waals surface area (Å²) >= 11 is 0. The molecule has 3 heteroatoms. The first-order chi connectivity index (χ1) is 7.29. The van der Waals surface area contributed by atoms with Gasteiger partial charge in [0.25, 0.3) is 0 Å². The average Bonchev–Trinajstić information content (AvgIpc) is 2.65. The van der Waals surface area contributed by atoms with Crippen molar-refractivity contribution in [3.05, 3.63) is 53.9 Å². The Morgan fingerprint density at radius 2 is 2.13 bits per heavy atom. The molecular weight excluding hydrogens is 188 g/mol. The Balaban J connectivity index is 2.26. The molecule has 2 rings (SSSR count). The lowest BCUT2D eigenvalue weighted by Gasteiger charge is -2.04. The van der Waals surface area contributed by atoms with Crippen LogP contribution in [0.25, 0.3) is 0 Å². The fourth-order valence-corrected chi connectivity index (χ4v) is 1.50. The molecule has 2 aromatic rings. The molecule has 0 aliphatic rings. The van der Waals surface area contributed by atoms with E-state index in [4.69, 9.17) is 5.26 Å². The van der Waals surface area contributed by atoms with Crippen molar-refractivity contribution in [3.63, 3.8) is 0 Å². The number of rotatable bonds is 2. The largest absolute Gasteiger partial charge is 0.508 e. The van der Waals surface area contributed by atoms with Crippen molar-refractivity contribution in [2.45, 2.75) is 6.54 Å². The predicted octanol–water partition coefficient (Wildman–Crippen LogP) is 2.11. The molecule has 0 bridgehead atoms. The number of aromatic hydroxyl groups is 1. The molecule has 0 aliphatic carbocycles. The molecule has 0 saturated carbocycles. The summed E-state index contributed by atoms with van der Waals surface area (Å²) in [6, 6.07) is 12.7. The predicted molar refractivity (Wildman–Crippen MR) is 56.4 cm³/mol. The van der Waals surface area contributed by atoms with Crippen molar-refractivity contribution in [1.82, 2.24) is 4.57 Å². The normalized spacial score (nSPS) is 9.80. The van der Waals surface area contributed by atoms with Gasteiger partial charge in [0.1, 0.15) is 17.5 Å². The molecule has 0 unspecified atom stereocenters. The van der Waals surface area contributed by atoms with E-state index in [1.165, 1.54) is 0 Å². The lowest BCUT2D eigenvalue weighted by atomic mass is 10.2.